The van der Waals surface area contributed by atoms with Gasteiger partial charge in [0.05, 0.1) is 33.3 Å². The standard InChI is InChI=1S/C44H26N4/c1-2-8-31-25-32(18-13-27(31)7-1)40-35-10-3-4-12-39(35)48-44-36(40)21-19-30-20-22-38(47-42(30)44)29-16-14-28(15-17-29)37-26-33-9-5-23-45-41(33)43-34(37)11-6-24-46-43/h1-26H. The number of rotatable bonds is 3. The van der Waals surface area contributed by atoms with E-state index in [1.165, 1.54) is 21.9 Å². The van der Waals surface area contributed by atoms with Crippen LogP contribution in [-0.2, 0) is 0 Å². The minimum atomic E-state index is 0.904. The second kappa shape index (κ2) is 10.5. The summed E-state index contributed by atoms with van der Waals surface area (Å²) in [6.45, 7) is 0. The molecule has 4 heterocycles. The van der Waals surface area contributed by atoms with Gasteiger partial charge in [0.2, 0.25) is 0 Å². The van der Waals surface area contributed by atoms with Crippen molar-refractivity contribution in [2.45, 2.75) is 0 Å². The lowest BCUT2D eigenvalue weighted by Gasteiger charge is -2.14. The Bertz CT molecular complexity index is 2890. The lowest BCUT2D eigenvalue weighted by atomic mass is 9.93. The maximum Gasteiger partial charge on any atom is 0.0978 e. The summed E-state index contributed by atoms with van der Waals surface area (Å²) < 4.78 is 0. The van der Waals surface area contributed by atoms with Gasteiger partial charge in [0, 0.05) is 50.5 Å². The van der Waals surface area contributed by atoms with Crippen LogP contribution in [-0.4, -0.2) is 19.9 Å². The summed E-state index contributed by atoms with van der Waals surface area (Å²) >= 11 is 0. The third-order valence-corrected chi connectivity index (χ3v) is 9.50. The molecule has 4 nitrogen and oxygen atoms in total. The molecular formula is C44H26N4. The number of hydrogen-bond acceptors (Lipinski definition) is 4. The monoisotopic (exact) mass is 610 g/mol. The molecule has 0 aliphatic carbocycles. The van der Waals surface area contributed by atoms with Gasteiger partial charge in [0.15, 0.2) is 0 Å². The highest BCUT2D eigenvalue weighted by Crippen LogP contribution is 2.39. The second-order valence-corrected chi connectivity index (χ2v) is 12.3. The average molecular weight is 611 g/mol. The molecule has 0 aliphatic rings. The molecule has 0 N–H and O–H groups in total. The molecule has 0 bridgehead atoms. The molecule has 222 valence electrons. The fraction of sp³-hybridized carbons (Fsp3) is 0. The van der Waals surface area contributed by atoms with E-state index in [0.29, 0.717) is 0 Å². The lowest BCUT2D eigenvalue weighted by Crippen LogP contribution is -1.93. The zero-order chi connectivity index (χ0) is 31.6. The number of hydrogen-bond donors (Lipinski definition) is 0. The molecule has 4 aromatic heterocycles. The first kappa shape index (κ1) is 26.7. The van der Waals surface area contributed by atoms with Gasteiger partial charge < -0.3 is 0 Å². The highest BCUT2D eigenvalue weighted by molar-refractivity contribution is 6.17. The smallest absolute Gasteiger partial charge is 0.0978 e. The molecule has 4 heteroatoms. The van der Waals surface area contributed by atoms with Crippen LogP contribution in [0.2, 0.25) is 0 Å². The Balaban J connectivity index is 1.13. The van der Waals surface area contributed by atoms with Gasteiger partial charge in [-0.1, -0.05) is 109 Å². The van der Waals surface area contributed by atoms with E-state index in [0.717, 1.165) is 76.9 Å². The molecule has 0 amide bonds. The third-order valence-electron chi connectivity index (χ3n) is 9.50. The molecule has 0 spiro atoms. The molecule has 0 saturated heterocycles. The van der Waals surface area contributed by atoms with E-state index >= 15 is 0 Å². The first-order valence-corrected chi connectivity index (χ1v) is 16.1. The van der Waals surface area contributed by atoms with E-state index < -0.39 is 0 Å². The SMILES string of the molecule is c1ccc2cc(-c3c4ccccc4nc4c3ccc3ccc(-c5ccc(-c6cc7cccnc7c7ncccc67)cc5)nc34)ccc2c1. The van der Waals surface area contributed by atoms with Gasteiger partial charge >= 0.3 is 0 Å². The second-order valence-electron chi connectivity index (χ2n) is 12.3. The maximum atomic E-state index is 5.28. The summed E-state index contributed by atoms with van der Waals surface area (Å²) in [5, 5.41) is 7.92. The van der Waals surface area contributed by atoms with Crippen molar-refractivity contribution in [2.24, 2.45) is 0 Å². The van der Waals surface area contributed by atoms with Crippen LogP contribution in [0, 0.1) is 0 Å². The Labute approximate surface area is 276 Å². The van der Waals surface area contributed by atoms with Gasteiger partial charge in [0.25, 0.3) is 0 Å². The van der Waals surface area contributed by atoms with Crippen molar-refractivity contribution in [3.8, 4) is 33.5 Å². The fourth-order valence-corrected chi connectivity index (χ4v) is 7.19. The minimum Gasteiger partial charge on any atom is -0.254 e. The van der Waals surface area contributed by atoms with E-state index in [9.17, 15) is 0 Å². The Kier molecular flexibility index (Phi) is 5.84. The number of nitrogens with zero attached hydrogens (tertiary/aromatic N) is 4. The molecule has 0 saturated carbocycles. The molecule has 10 aromatic rings. The molecule has 0 radical (unpaired) electrons. The normalized spacial score (nSPS) is 11.8. The van der Waals surface area contributed by atoms with Crippen molar-refractivity contribution in [1.82, 2.24) is 19.9 Å². The Morgan fingerprint density at radius 2 is 1.04 bits per heavy atom. The van der Waals surface area contributed by atoms with Crippen molar-refractivity contribution in [3.05, 3.63) is 158 Å². The summed E-state index contributed by atoms with van der Waals surface area (Å²) in [6.07, 6.45) is 3.66. The Morgan fingerprint density at radius 1 is 0.354 bits per heavy atom. The first-order valence-electron chi connectivity index (χ1n) is 16.1. The van der Waals surface area contributed by atoms with Gasteiger partial charge in [-0.2, -0.15) is 0 Å². The molecule has 0 fully saturated rings. The third kappa shape index (κ3) is 4.16. The number of para-hydroxylation sites is 1. The Morgan fingerprint density at radius 3 is 1.96 bits per heavy atom. The molecule has 10 rings (SSSR count). The van der Waals surface area contributed by atoms with Crippen LogP contribution in [0.3, 0.4) is 0 Å². The number of fused-ring (bicyclic) bond motifs is 8. The van der Waals surface area contributed by atoms with Gasteiger partial charge in [-0.25, -0.2) is 9.97 Å². The van der Waals surface area contributed by atoms with Crippen LogP contribution >= 0.6 is 0 Å². The number of benzene rings is 6. The molecular weight excluding hydrogens is 585 g/mol. The highest BCUT2D eigenvalue weighted by atomic mass is 14.8. The summed E-state index contributed by atoms with van der Waals surface area (Å²) in [4.78, 5) is 19.8. The van der Waals surface area contributed by atoms with Gasteiger partial charge in [-0.05, 0) is 63.9 Å². The zero-order valence-electron chi connectivity index (χ0n) is 25.8. The quantitative estimate of drug-likeness (QED) is 0.147. The highest BCUT2D eigenvalue weighted by Gasteiger charge is 2.16. The maximum absolute atomic E-state index is 5.28. The summed E-state index contributed by atoms with van der Waals surface area (Å²) in [5.41, 5.74) is 11.2. The number of aromatic nitrogens is 4. The zero-order valence-corrected chi connectivity index (χ0v) is 25.8. The minimum absolute atomic E-state index is 0.904. The fourth-order valence-electron chi connectivity index (χ4n) is 7.19. The molecule has 48 heavy (non-hydrogen) atoms. The predicted molar refractivity (Wildman–Crippen MR) is 199 cm³/mol. The van der Waals surface area contributed by atoms with Gasteiger partial charge in [0.1, 0.15) is 0 Å². The van der Waals surface area contributed by atoms with Crippen LogP contribution < -0.4 is 0 Å². The van der Waals surface area contributed by atoms with Crippen LogP contribution in [0.1, 0.15) is 0 Å². The molecule has 6 aromatic carbocycles. The molecule has 0 atom stereocenters. The van der Waals surface area contributed by atoms with E-state index in [4.69, 9.17) is 15.0 Å². The summed E-state index contributed by atoms with van der Waals surface area (Å²) in [7, 11) is 0. The Hall–Kier alpha value is -6.52. The summed E-state index contributed by atoms with van der Waals surface area (Å²) in [6, 6.07) is 51.4. The number of pyridine rings is 4. The van der Waals surface area contributed by atoms with Crippen LogP contribution in [0.25, 0.3) is 98.8 Å². The van der Waals surface area contributed by atoms with Crippen molar-refractivity contribution in [3.63, 3.8) is 0 Å². The van der Waals surface area contributed by atoms with E-state index in [2.05, 4.69) is 138 Å². The van der Waals surface area contributed by atoms with E-state index in [1.807, 2.05) is 24.5 Å². The van der Waals surface area contributed by atoms with Crippen molar-refractivity contribution < 1.29 is 0 Å². The molecule has 0 unspecified atom stereocenters. The van der Waals surface area contributed by atoms with Crippen molar-refractivity contribution in [2.75, 3.05) is 0 Å². The first-order chi connectivity index (χ1) is 23.8. The summed E-state index contributed by atoms with van der Waals surface area (Å²) in [5.74, 6) is 0. The lowest BCUT2D eigenvalue weighted by molar-refractivity contribution is 1.37. The molecule has 0 aliphatic heterocycles. The van der Waals surface area contributed by atoms with Gasteiger partial charge in [-0.3, -0.25) is 9.97 Å². The van der Waals surface area contributed by atoms with E-state index in [-0.39, 0.29) is 0 Å². The van der Waals surface area contributed by atoms with Crippen LogP contribution in [0.4, 0.5) is 0 Å². The largest absolute Gasteiger partial charge is 0.254 e. The van der Waals surface area contributed by atoms with Crippen LogP contribution in [0.5, 0.6) is 0 Å². The van der Waals surface area contributed by atoms with Crippen molar-refractivity contribution in [1.29, 1.82) is 0 Å². The van der Waals surface area contributed by atoms with E-state index in [1.54, 1.807) is 0 Å². The topological polar surface area (TPSA) is 51.6 Å². The van der Waals surface area contributed by atoms with Crippen molar-refractivity contribution >= 4 is 65.3 Å². The average Bonchev–Trinajstić information content (AvgIpc) is 3.16. The van der Waals surface area contributed by atoms with Crippen LogP contribution in [0.15, 0.2) is 158 Å². The van der Waals surface area contributed by atoms with Gasteiger partial charge in [-0.15, -0.1) is 0 Å². The predicted octanol–water partition coefficient (Wildman–Crippen LogP) is 11.2.